The molecular formula is C5H9N2O3S. The Labute approximate surface area is 65.2 Å². The molecule has 1 radical (unpaired) electrons. The fourth-order valence-electron chi connectivity index (χ4n) is 0.897. The van der Waals surface area contributed by atoms with Gasteiger partial charge in [-0.15, -0.1) is 0 Å². The average molecular weight is 177 g/mol. The number of rotatable bonds is 2. The number of carbonyl (C=O) groups is 1. The van der Waals surface area contributed by atoms with E-state index in [1.807, 2.05) is 0 Å². The van der Waals surface area contributed by atoms with Crippen LogP contribution in [0.15, 0.2) is 0 Å². The molecule has 0 saturated carbocycles. The summed E-state index contributed by atoms with van der Waals surface area (Å²) in [6.45, 7) is 0.284. The van der Waals surface area contributed by atoms with Crippen molar-refractivity contribution in [2.24, 2.45) is 5.73 Å². The zero-order valence-electron chi connectivity index (χ0n) is 6.02. The van der Waals surface area contributed by atoms with Crippen molar-refractivity contribution in [3.63, 3.8) is 0 Å². The third-order valence-corrected chi connectivity index (χ3v) is 2.76. The lowest BCUT2D eigenvalue weighted by atomic mass is 10.1. The van der Waals surface area contributed by atoms with Crippen molar-refractivity contribution in [3.05, 3.63) is 6.42 Å². The van der Waals surface area contributed by atoms with Gasteiger partial charge in [-0.25, -0.2) is 8.42 Å². The first-order valence-electron chi connectivity index (χ1n) is 3.02. The second-order valence-electron chi connectivity index (χ2n) is 2.42. The molecule has 0 aromatic rings. The standard InChI is InChI=1S/C5H9N2O3S/c1-11(9,10)7-3-2-4(7)5(6)8/h2,4H,3H2,1H3,(H2,6,8). The van der Waals surface area contributed by atoms with E-state index in [9.17, 15) is 13.2 Å². The lowest BCUT2D eigenvalue weighted by Crippen LogP contribution is -2.57. The van der Waals surface area contributed by atoms with Gasteiger partial charge < -0.3 is 5.73 Å². The first kappa shape index (κ1) is 8.48. The van der Waals surface area contributed by atoms with Crippen LogP contribution in [0.3, 0.4) is 0 Å². The molecule has 0 aromatic heterocycles. The number of nitrogens with two attached hydrogens (primary N) is 1. The van der Waals surface area contributed by atoms with Gasteiger partial charge in [-0.1, -0.05) is 0 Å². The summed E-state index contributed by atoms with van der Waals surface area (Å²) >= 11 is 0. The van der Waals surface area contributed by atoms with E-state index in [2.05, 4.69) is 0 Å². The van der Waals surface area contributed by atoms with Crippen LogP contribution >= 0.6 is 0 Å². The second-order valence-corrected chi connectivity index (χ2v) is 4.35. The summed E-state index contributed by atoms with van der Waals surface area (Å²) in [6.07, 6.45) is 2.61. The fourth-order valence-corrected chi connectivity index (χ4v) is 1.86. The second kappa shape index (κ2) is 2.46. The number of sulfonamides is 1. The van der Waals surface area contributed by atoms with Crippen LogP contribution in [0.1, 0.15) is 0 Å². The number of primary amides is 1. The van der Waals surface area contributed by atoms with Crippen LogP contribution in [0.25, 0.3) is 0 Å². The predicted octanol–water partition coefficient (Wildman–Crippen LogP) is -1.68. The van der Waals surface area contributed by atoms with Crippen LogP contribution in [-0.2, 0) is 14.8 Å². The Balaban J connectivity index is 2.72. The van der Waals surface area contributed by atoms with Gasteiger partial charge >= 0.3 is 0 Å². The van der Waals surface area contributed by atoms with Gasteiger partial charge in [-0.3, -0.25) is 4.79 Å². The van der Waals surface area contributed by atoms with Crippen LogP contribution in [0.5, 0.6) is 0 Å². The van der Waals surface area contributed by atoms with Crippen molar-refractivity contribution >= 4 is 15.9 Å². The largest absolute Gasteiger partial charge is 0.368 e. The van der Waals surface area contributed by atoms with E-state index in [0.717, 1.165) is 10.6 Å². The number of amides is 1. The molecule has 63 valence electrons. The molecular weight excluding hydrogens is 168 g/mol. The van der Waals surface area contributed by atoms with Gasteiger partial charge in [0.05, 0.1) is 6.26 Å². The Morgan fingerprint density at radius 2 is 2.27 bits per heavy atom. The summed E-state index contributed by atoms with van der Waals surface area (Å²) in [7, 11) is -3.26. The smallest absolute Gasteiger partial charge is 0.236 e. The molecule has 1 saturated heterocycles. The molecule has 2 N–H and O–H groups in total. The van der Waals surface area contributed by atoms with Crippen molar-refractivity contribution in [1.82, 2.24) is 4.31 Å². The summed E-state index contributed by atoms with van der Waals surface area (Å²) in [4.78, 5) is 10.5. The minimum atomic E-state index is -3.26. The lowest BCUT2D eigenvalue weighted by molar-refractivity contribution is -0.122. The maximum atomic E-state index is 10.8. The highest BCUT2D eigenvalue weighted by atomic mass is 32.2. The Morgan fingerprint density at radius 3 is 2.36 bits per heavy atom. The van der Waals surface area contributed by atoms with Crippen LogP contribution < -0.4 is 5.73 Å². The molecule has 1 atom stereocenters. The van der Waals surface area contributed by atoms with E-state index in [1.54, 1.807) is 6.42 Å². The molecule has 1 heterocycles. The zero-order chi connectivity index (χ0) is 8.65. The monoisotopic (exact) mass is 177 g/mol. The van der Waals surface area contributed by atoms with E-state index >= 15 is 0 Å². The highest BCUT2D eigenvalue weighted by Gasteiger charge is 2.38. The molecule has 1 aliphatic heterocycles. The molecule has 0 aliphatic carbocycles. The minimum absolute atomic E-state index is 0.284. The van der Waals surface area contributed by atoms with Crippen LogP contribution in [0.4, 0.5) is 0 Å². The Bertz CT molecular complexity index is 271. The molecule has 11 heavy (non-hydrogen) atoms. The van der Waals surface area contributed by atoms with Gasteiger partial charge in [0, 0.05) is 13.0 Å². The summed E-state index contributed by atoms with van der Waals surface area (Å²) in [6, 6.07) is -0.731. The number of nitrogens with zero attached hydrogens (tertiary/aromatic N) is 1. The number of hydrogen-bond donors (Lipinski definition) is 1. The predicted molar refractivity (Wildman–Crippen MR) is 38.8 cm³/mol. The first-order chi connectivity index (χ1) is 4.93. The van der Waals surface area contributed by atoms with Crippen LogP contribution in [0, 0.1) is 6.42 Å². The topological polar surface area (TPSA) is 80.5 Å². The summed E-state index contributed by atoms with van der Waals surface area (Å²) in [5.41, 5.74) is 4.91. The molecule has 5 nitrogen and oxygen atoms in total. The average Bonchev–Trinajstić information content (AvgIpc) is 1.51. The van der Waals surface area contributed by atoms with Crippen molar-refractivity contribution in [2.75, 3.05) is 12.8 Å². The molecule has 0 bridgehead atoms. The van der Waals surface area contributed by atoms with Gasteiger partial charge in [-0.05, 0) is 0 Å². The van der Waals surface area contributed by atoms with Gasteiger partial charge in [0.1, 0.15) is 6.04 Å². The Hall–Kier alpha value is -0.620. The van der Waals surface area contributed by atoms with E-state index in [0.29, 0.717) is 0 Å². The quantitative estimate of drug-likeness (QED) is 0.547. The first-order valence-corrected chi connectivity index (χ1v) is 4.87. The Kier molecular flexibility index (Phi) is 1.89. The minimum Gasteiger partial charge on any atom is -0.368 e. The van der Waals surface area contributed by atoms with Crippen LogP contribution in [-0.4, -0.2) is 37.5 Å². The van der Waals surface area contributed by atoms with Gasteiger partial charge in [-0.2, -0.15) is 4.31 Å². The maximum Gasteiger partial charge on any atom is 0.236 e. The van der Waals surface area contributed by atoms with Crippen molar-refractivity contribution in [3.8, 4) is 0 Å². The van der Waals surface area contributed by atoms with E-state index in [1.165, 1.54) is 0 Å². The van der Waals surface area contributed by atoms with Gasteiger partial charge in [0.25, 0.3) is 0 Å². The highest BCUT2D eigenvalue weighted by molar-refractivity contribution is 7.88. The summed E-state index contributed by atoms with van der Waals surface area (Å²) in [5.74, 6) is -0.623. The number of hydrogen-bond acceptors (Lipinski definition) is 3. The van der Waals surface area contributed by atoms with E-state index in [4.69, 9.17) is 5.73 Å². The molecule has 1 aliphatic rings. The molecule has 1 unspecified atom stereocenters. The highest BCUT2D eigenvalue weighted by Crippen LogP contribution is 2.18. The zero-order valence-corrected chi connectivity index (χ0v) is 6.84. The fraction of sp³-hybridized carbons (Fsp3) is 0.600. The molecule has 1 fully saturated rings. The summed E-state index contributed by atoms with van der Waals surface area (Å²) in [5, 5.41) is 0. The molecule has 0 aromatic carbocycles. The SMILES string of the molecule is CS(=O)(=O)N1C[CH]C1C(N)=O. The lowest BCUT2D eigenvalue weighted by Gasteiger charge is -2.35. The summed E-state index contributed by atoms with van der Waals surface area (Å²) < 4.78 is 22.7. The molecule has 0 spiro atoms. The number of carbonyl (C=O) groups excluding carboxylic acids is 1. The van der Waals surface area contributed by atoms with E-state index in [-0.39, 0.29) is 6.54 Å². The molecule has 1 rings (SSSR count). The van der Waals surface area contributed by atoms with Crippen LogP contribution in [0.2, 0.25) is 0 Å². The van der Waals surface area contributed by atoms with Crippen molar-refractivity contribution in [1.29, 1.82) is 0 Å². The third-order valence-electron chi connectivity index (χ3n) is 1.54. The molecule has 1 amide bonds. The van der Waals surface area contributed by atoms with Crippen molar-refractivity contribution in [2.45, 2.75) is 6.04 Å². The van der Waals surface area contributed by atoms with Gasteiger partial charge in [0.2, 0.25) is 15.9 Å². The Morgan fingerprint density at radius 1 is 1.73 bits per heavy atom. The van der Waals surface area contributed by atoms with Crippen molar-refractivity contribution < 1.29 is 13.2 Å². The van der Waals surface area contributed by atoms with Gasteiger partial charge in [0.15, 0.2) is 0 Å². The normalized spacial score (nSPS) is 26.1. The third kappa shape index (κ3) is 1.51. The maximum absolute atomic E-state index is 10.8. The van der Waals surface area contributed by atoms with E-state index < -0.39 is 22.0 Å². The molecule has 6 heteroatoms.